The summed E-state index contributed by atoms with van der Waals surface area (Å²) in [5.74, 6) is 2.85. The average molecular weight is 236 g/mol. The van der Waals surface area contributed by atoms with Crippen LogP contribution in [0.4, 0.5) is 0 Å². The summed E-state index contributed by atoms with van der Waals surface area (Å²) >= 11 is 5.46. The maximum absolute atomic E-state index is 3.56. The molecule has 0 saturated heterocycles. The molecule has 0 unspecified atom stereocenters. The molecule has 88 valence electrons. The largest absolute Gasteiger partial charge is 0.183 e. The molecule has 0 saturated carbocycles. The number of thioether (sulfide) groups is 1. The summed E-state index contributed by atoms with van der Waals surface area (Å²) in [6.07, 6.45) is 7.13. The van der Waals surface area contributed by atoms with Crippen molar-refractivity contribution >= 4 is 24.4 Å². The van der Waals surface area contributed by atoms with E-state index in [4.69, 9.17) is 0 Å². The van der Waals surface area contributed by atoms with Crippen LogP contribution in [0.15, 0.2) is 12.7 Å². The average Bonchev–Trinajstić information content (AvgIpc) is 2.18. The van der Waals surface area contributed by atoms with Gasteiger partial charge in [0.1, 0.15) is 0 Å². The SMILES string of the molecule is C=CC(C)C.CS.CSCCC(C)C. The highest BCUT2D eigenvalue weighted by Gasteiger charge is 1.89. The Balaban J connectivity index is -0.000000152. The van der Waals surface area contributed by atoms with Gasteiger partial charge >= 0.3 is 0 Å². The first kappa shape index (κ1) is 19.9. The molecule has 0 atom stereocenters. The lowest BCUT2D eigenvalue weighted by molar-refractivity contribution is 0.632. The minimum Gasteiger partial charge on any atom is -0.183 e. The molecule has 0 aliphatic heterocycles. The minimum absolute atomic E-state index is 0.648. The van der Waals surface area contributed by atoms with Crippen molar-refractivity contribution < 1.29 is 0 Å². The molecule has 0 N–H and O–H groups in total. The van der Waals surface area contributed by atoms with Crippen molar-refractivity contribution in [2.45, 2.75) is 34.1 Å². The molecule has 2 heteroatoms. The molecule has 0 aromatic rings. The highest BCUT2D eigenvalue weighted by Crippen LogP contribution is 2.03. The second-order valence-corrected chi connectivity index (χ2v) is 4.64. The van der Waals surface area contributed by atoms with E-state index in [2.05, 4.69) is 53.2 Å². The molecule has 14 heavy (non-hydrogen) atoms. The van der Waals surface area contributed by atoms with Crippen molar-refractivity contribution in [1.29, 1.82) is 0 Å². The van der Waals surface area contributed by atoms with Gasteiger partial charge in [0.2, 0.25) is 0 Å². The highest BCUT2D eigenvalue weighted by molar-refractivity contribution is 7.98. The van der Waals surface area contributed by atoms with E-state index in [0.29, 0.717) is 5.92 Å². The number of allylic oxidation sites excluding steroid dienone is 1. The summed E-state index contributed by atoms with van der Waals surface area (Å²) in [4.78, 5) is 0. The lowest BCUT2D eigenvalue weighted by Crippen LogP contribution is -1.87. The van der Waals surface area contributed by atoms with Crippen molar-refractivity contribution in [2.24, 2.45) is 11.8 Å². The van der Waals surface area contributed by atoms with Gasteiger partial charge in [-0.1, -0.05) is 33.8 Å². The quantitative estimate of drug-likeness (QED) is 0.542. The fourth-order valence-electron chi connectivity index (χ4n) is 0.354. The molecule has 0 nitrogen and oxygen atoms in total. The molecule has 0 aromatic heterocycles. The molecule has 0 spiro atoms. The molecule has 0 radical (unpaired) electrons. The van der Waals surface area contributed by atoms with Crippen LogP contribution in [0.25, 0.3) is 0 Å². The second-order valence-electron chi connectivity index (χ2n) is 3.66. The zero-order valence-corrected chi connectivity index (χ0v) is 12.4. The summed E-state index contributed by atoms with van der Waals surface area (Å²) in [6.45, 7) is 12.3. The van der Waals surface area contributed by atoms with Crippen molar-refractivity contribution in [3.63, 3.8) is 0 Å². The predicted octanol–water partition coefficient (Wildman–Crippen LogP) is 4.77. The smallest absolute Gasteiger partial charge is 0.00679 e. The van der Waals surface area contributed by atoms with E-state index in [1.165, 1.54) is 12.2 Å². The summed E-state index contributed by atoms with van der Waals surface area (Å²) in [6, 6.07) is 0. The Morgan fingerprint density at radius 1 is 1.21 bits per heavy atom. The van der Waals surface area contributed by atoms with Crippen LogP contribution in [-0.2, 0) is 0 Å². The molecular weight excluding hydrogens is 208 g/mol. The molecule has 0 aliphatic carbocycles. The molecule has 0 bridgehead atoms. The number of hydrogen-bond acceptors (Lipinski definition) is 2. The molecule has 0 aromatic carbocycles. The van der Waals surface area contributed by atoms with Crippen molar-refractivity contribution in [3.05, 3.63) is 12.7 Å². The van der Waals surface area contributed by atoms with Crippen LogP contribution in [-0.4, -0.2) is 18.3 Å². The molecule has 0 heterocycles. The fourth-order valence-corrected chi connectivity index (χ4v) is 1.06. The van der Waals surface area contributed by atoms with Crippen LogP contribution >= 0.6 is 24.4 Å². The summed E-state index contributed by atoms with van der Waals surface area (Å²) in [7, 11) is 0. The first-order chi connectivity index (χ1) is 6.54. The fraction of sp³-hybridized carbons (Fsp3) is 0.833. The van der Waals surface area contributed by atoms with Gasteiger partial charge in [0.25, 0.3) is 0 Å². The number of hydrogen-bond donors (Lipinski definition) is 1. The summed E-state index contributed by atoms with van der Waals surface area (Å²) < 4.78 is 0. The first-order valence-electron chi connectivity index (χ1n) is 5.10. The van der Waals surface area contributed by atoms with Crippen LogP contribution in [0.2, 0.25) is 0 Å². The maximum Gasteiger partial charge on any atom is -0.00679 e. The van der Waals surface area contributed by atoms with Gasteiger partial charge in [-0.05, 0) is 36.5 Å². The first-order valence-corrected chi connectivity index (χ1v) is 7.39. The molecule has 0 rings (SSSR count). The van der Waals surface area contributed by atoms with Crippen molar-refractivity contribution in [2.75, 3.05) is 18.3 Å². The van der Waals surface area contributed by atoms with Gasteiger partial charge in [-0.3, -0.25) is 0 Å². The van der Waals surface area contributed by atoms with Gasteiger partial charge in [0, 0.05) is 0 Å². The maximum atomic E-state index is 3.56. The van der Waals surface area contributed by atoms with Crippen LogP contribution in [0.3, 0.4) is 0 Å². The van der Waals surface area contributed by atoms with E-state index in [0.717, 1.165) is 5.92 Å². The van der Waals surface area contributed by atoms with E-state index in [1.54, 1.807) is 6.26 Å². The molecule has 0 aliphatic rings. The number of rotatable bonds is 4. The zero-order chi connectivity index (χ0) is 12.0. The van der Waals surface area contributed by atoms with Gasteiger partial charge < -0.3 is 0 Å². The van der Waals surface area contributed by atoms with Gasteiger partial charge in [0.15, 0.2) is 0 Å². The Hall–Kier alpha value is 0.440. The molecule has 0 fully saturated rings. The van der Waals surface area contributed by atoms with Crippen LogP contribution in [0.5, 0.6) is 0 Å². The standard InChI is InChI=1S/C6H14S.C5H10.CH4S/c1-6(2)4-5-7-3;1-4-5(2)3;1-2/h6H,4-5H2,1-3H3;4-5H,1H2,2-3H3;2H,1H3. The van der Waals surface area contributed by atoms with E-state index < -0.39 is 0 Å². The van der Waals surface area contributed by atoms with Crippen LogP contribution in [0, 0.1) is 11.8 Å². The second kappa shape index (κ2) is 19.1. The van der Waals surface area contributed by atoms with Crippen LogP contribution in [0.1, 0.15) is 34.1 Å². The third-order valence-corrected chi connectivity index (χ3v) is 2.01. The molecule has 0 amide bonds. The Morgan fingerprint density at radius 2 is 1.57 bits per heavy atom. The monoisotopic (exact) mass is 236 g/mol. The van der Waals surface area contributed by atoms with E-state index in [1.807, 2.05) is 17.8 Å². The lowest BCUT2D eigenvalue weighted by Gasteiger charge is -1.98. The van der Waals surface area contributed by atoms with E-state index in [-0.39, 0.29) is 0 Å². The van der Waals surface area contributed by atoms with Gasteiger partial charge in [0.05, 0.1) is 0 Å². The Labute approximate surface area is 101 Å². The topological polar surface area (TPSA) is 0 Å². The Bertz CT molecular complexity index is 88.3. The van der Waals surface area contributed by atoms with E-state index in [9.17, 15) is 0 Å². The van der Waals surface area contributed by atoms with Gasteiger partial charge in [-0.25, -0.2) is 0 Å². The highest BCUT2D eigenvalue weighted by atomic mass is 32.2. The Kier molecular flexibility index (Phi) is 27.2. The third kappa shape index (κ3) is 39.3. The van der Waals surface area contributed by atoms with E-state index >= 15 is 0 Å². The van der Waals surface area contributed by atoms with Crippen LogP contribution < -0.4 is 0 Å². The van der Waals surface area contributed by atoms with Crippen molar-refractivity contribution in [3.8, 4) is 0 Å². The third-order valence-electron chi connectivity index (χ3n) is 1.37. The van der Waals surface area contributed by atoms with Gasteiger partial charge in [-0.15, -0.1) is 6.58 Å². The zero-order valence-electron chi connectivity index (χ0n) is 10.7. The Morgan fingerprint density at radius 3 is 1.64 bits per heavy atom. The summed E-state index contributed by atoms with van der Waals surface area (Å²) in [5.41, 5.74) is 0. The normalized spacial score (nSPS) is 8.64. The van der Waals surface area contributed by atoms with Gasteiger partial charge in [-0.2, -0.15) is 24.4 Å². The number of thiol groups is 1. The molecular formula is C12H28S2. The van der Waals surface area contributed by atoms with Crippen molar-refractivity contribution in [1.82, 2.24) is 0 Å². The predicted molar refractivity (Wildman–Crippen MR) is 77.8 cm³/mol. The lowest BCUT2D eigenvalue weighted by atomic mass is 10.2. The summed E-state index contributed by atoms with van der Waals surface area (Å²) in [5, 5.41) is 0. The minimum atomic E-state index is 0.648.